The van der Waals surface area contributed by atoms with Crippen molar-refractivity contribution in [3.8, 4) is 0 Å². The van der Waals surface area contributed by atoms with Gasteiger partial charge in [0.1, 0.15) is 6.10 Å². The summed E-state index contributed by atoms with van der Waals surface area (Å²) in [5.74, 6) is 0. The molecule has 0 radical (unpaired) electrons. The molecule has 4 heteroatoms. The Morgan fingerprint density at radius 1 is 1.37 bits per heavy atom. The molecule has 0 saturated carbocycles. The van der Waals surface area contributed by atoms with Crippen molar-refractivity contribution in [2.24, 2.45) is 0 Å². The first-order chi connectivity index (χ1) is 9.20. The van der Waals surface area contributed by atoms with E-state index in [4.69, 9.17) is 0 Å². The third kappa shape index (κ3) is 2.02. The zero-order chi connectivity index (χ0) is 13.4. The standard InChI is InChI=1S/C15H19N3O/c1-3-18-14(6-8-16-18)15(19)12-4-5-13-11(10-12)7-9-17(13)2/h4-6,8,10,15,19H,3,7,9H2,1-2H3. The van der Waals surface area contributed by atoms with Gasteiger partial charge >= 0.3 is 0 Å². The molecule has 1 aliphatic heterocycles. The van der Waals surface area contributed by atoms with Crippen molar-refractivity contribution in [3.63, 3.8) is 0 Å². The van der Waals surface area contributed by atoms with Crippen LogP contribution >= 0.6 is 0 Å². The Bertz CT molecular complexity index is 591. The fraction of sp³-hybridized carbons (Fsp3) is 0.400. The lowest BCUT2D eigenvalue weighted by molar-refractivity contribution is 0.208. The van der Waals surface area contributed by atoms with Gasteiger partial charge in [-0.25, -0.2) is 0 Å². The molecule has 0 aliphatic carbocycles. The maximum absolute atomic E-state index is 10.5. The lowest BCUT2D eigenvalue weighted by Gasteiger charge is -2.15. The highest BCUT2D eigenvalue weighted by atomic mass is 16.3. The second kappa shape index (κ2) is 4.70. The average molecular weight is 257 g/mol. The monoisotopic (exact) mass is 257 g/mol. The van der Waals surface area contributed by atoms with Crippen LogP contribution in [0.4, 0.5) is 5.69 Å². The molecule has 1 aromatic heterocycles. The number of hydrogen-bond donors (Lipinski definition) is 1. The molecule has 1 aliphatic rings. The number of fused-ring (bicyclic) bond motifs is 1. The van der Waals surface area contributed by atoms with Gasteiger partial charge in [-0.05, 0) is 36.6 Å². The first-order valence-electron chi connectivity index (χ1n) is 6.74. The van der Waals surface area contributed by atoms with Crippen LogP contribution in [0.25, 0.3) is 0 Å². The predicted octanol–water partition coefficient (Wildman–Crippen LogP) is 1.98. The van der Waals surface area contributed by atoms with Crippen molar-refractivity contribution < 1.29 is 5.11 Å². The zero-order valence-electron chi connectivity index (χ0n) is 11.4. The third-order valence-corrected chi connectivity index (χ3v) is 3.88. The second-order valence-corrected chi connectivity index (χ2v) is 5.03. The fourth-order valence-corrected chi connectivity index (χ4v) is 2.77. The summed E-state index contributed by atoms with van der Waals surface area (Å²) in [5.41, 5.74) is 4.40. The van der Waals surface area contributed by atoms with Gasteiger partial charge in [-0.15, -0.1) is 0 Å². The number of benzene rings is 1. The summed E-state index contributed by atoms with van der Waals surface area (Å²) in [5, 5.41) is 14.7. The first kappa shape index (κ1) is 12.2. The van der Waals surface area contributed by atoms with Gasteiger partial charge in [0, 0.05) is 32.0 Å². The van der Waals surface area contributed by atoms with Crippen molar-refractivity contribution in [1.82, 2.24) is 9.78 Å². The van der Waals surface area contributed by atoms with Crippen molar-refractivity contribution >= 4 is 5.69 Å². The number of aryl methyl sites for hydroxylation is 1. The van der Waals surface area contributed by atoms with E-state index in [1.54, 1.807) is 6.20 Å². The number of aliphatic hydroxyl groups excluding tert-OH is 1. The molecule has 1 unspecified atom stereocenters. The van der Waals surface area contributed by atoms with Gasteiger partial charge in [-0.2, -0.15) is 5.10 Å². The Morgan fingerprint density at radius 2 is 2.21 bits per heavy atom. The van der Waals surface area contributed by atoms with E-state index in [0.717, 1.165) is 30.8 Å². The SMILES string of the molecule is CCn1nccc1C(O)c1ccc2c(c1)CCN2C. The predicted molar refractivity (Wildman–Crippen MR) is 75.4 cm³/mol. The number of nitrogens with zero attached hydrogens (tertiary/aromatic N) is 3. The van der Waals surface area contributed by atoms with Crippen molar-refractivity contribution in [1.29, 1.82) is 0 Å². The van der Waals surface area contributed by atoms with Crippen LogP contribution in [0.15, 0.2) is 30.5 Å². The molecule has 1 N–H and O–H groups in total. The van der Waals surface area contributed by atoms with Crippen molar-refractivity contribution in [3.05, 3.63) is 47.3 Å². The van der Waals surface area contributed by atoms with Crippen LogP contribution in [-0.2, 0) is 13.0 Å². The average Bonchev–Trinajstić information content (AvgIpc) is 3.04. The molecule has 2 aromatic rings. The van der Waals surface area contributed by atoms with E-state index in [9.17, 15) is 5.11 Å². The molecular weight excluding hydrogens is 238 g/mol. The normalized spacial score (nSPS) is 15.6. The van der Waals surface area contributed by atoms with E-state index < -0.39 is 6.10 Å². The topological polar surface area (TPSA) is 41.3 Å². The summed E-state index contributed by atoms with van der Waals surface area (Å²) in [6.45, 7) is 3.86. The van der Waals surface area contributed by atoms with Gasteiger partial charge in [-0.1, -0.05) is 12.1 Å². The molecule has 0 spiro atoms. The van der Waals surface area contributed by atoms with Gasteiger partial charge in [0.05, 0.1) is 5.69 Å². The van der Waals surface area contributed by atoms with Crippen molar-refractivity contribution in [2.75, 3.05) is 18.5 Å². The van der Waals surface area contributed by atoms with Gasteiger partial charge < -0.3 is 10.0 Å². The molecule has 0 fully saturated rings. The number of anilines is 1. The highest BCUT2D eigenvalue weighted by Crippen LogP contribution is 2.31. The molecule has 0 saturated heterocycles. The molecule has 0 amide bonds. The van der Waals surface area contributed by atoms with Gasteiger partial charge in [0.15, 0.2) is 0 Å². The Morgan fingerprint density at radius 3 is 3.00 bits per heavy atom. The van der Waals surface area contributed by atoms with E-state index >= 15 is 0 Å². The van der Waals surface area contributed by atoms with E-state index in [2.05, 4.69) is 29.2 Å². The molecule has 1 atom stereocenters. The van der Waals surface area contributed by atoms with Crippen LogP contribution in [0, 0.1) is 0 Å². The number of rotatable bonds is 3. The summed E-state index contributed by atoms with van der Waals surface area (Å²) in [6.07, 6.45) is 2.20. The smallest absolute Gasteiger partial charge is 0.121 e. The molecule has 1 aromatic carbocycles. The molecular formula is C15H19N3O. The van der Waals surface area contributed by atoms with E-state index in [1.165, 1.54) is 11.3 Å². The zero-order valence-corrected chi connectivity index (χ0v) is 11.4. The number of hydrogen-bond acceptors (Lipinski definition) is 3. The summed E-state index contributed by atoms with van der Waals surface area (Å²) in [6, 6.07) is 8.12. The number of aromatic nitrogens is 2. The van der Waals surface area contributed by atoms with E-state index in [0.29, 0.717) is 0 Å². The minimum atomic E-state index is -0.598. The van der Waals surface area contributed by atoms with Crippen LogP contribution in [0.5, 0.6) is 0 Å². The lowest BCUT2D eigenvalue weighted by Crippen LogP contribution is -2.12. The van der Waals surface area contributed by atoms with Crippen LogP contribution in [0.3, 0.4) is 0 Å². The first-order valence-corrected chi connectivity index (χ1v) is 6.74. The fourth-order valence-electron chi connectivity index (χ4n) is 2.77. The van der Waals surface area contributed by atoms with Crippen LogP contribution in [0.1, 0.15) is 29.8 Å². The van der Waals surface area contributed by atoms with Crippen LogP contribution < -0.4 is 4.90 Å². The molecule has 100 valence electrons. The summed E-state index contributed by atoms with van der Waals surface area (Å²) in [7, 11) is 2.11. The quantitative estimate of drug-likeness (QED) is 0.914. The summed E-state index contributed by atoms with van der Waals surface area (Å²) < 4.78 is 1.84. The van der Waals surface area contributed by atoms with Crippen molar-refractivity contribution in [2.45, 2.75) is 26.0 Å². The Hall–Kier alpha value is -1.81. The van der Waals surface area contributed by atoms with Gasteiger partial charge in [0.25, 0.3) is 0 Å². The Balaban J connectivity index is 1.95. The third-order valence-electron chi connectivity index (χ3n) is 3.88. The number of aliphatic hydroxyl groups is 1. The molecule has 2 heterocycles. The highest BCUT2D eigenvalue weighted by Gasteiger charge is 2.20. The lowest BCUT2D eigenvalue weighted by atomic mass is 10.0. The largest absolute Gasteiger partial charge is 0.382 e. The van der Waals surface area contributed by atoms with Gasteiger partial charge in [-0.3, -0.25) is 4.68 Å². The molecule has 4 nitrogen and oxygen atoms in total. The minimum absolute atomic E-state index is 0.598. The van der Waals surface area contributed by atoms with Gasteiger partial charge in [0.2, 0.25) is 0 Å². The Kier molecular flexibility index (Phi) is 3.03. The summed E-state index contributed by atoms with van der Waals surface area (Å²) in [4.78, 5) is 2.25. The highest BCUT2D eigenvalue weighted by molar-refractivity contribution is 5.59. The van der Waals surface area contributed by atoms with Crippen LogP contribution in [-0.4, -0.2) is 28.5 Å². The van der Waals surface area contributed by atoms with Crippen LogP contribution in [0.2, 0.25) is 0 Å². The molecule has 3 rings (SSSR count). The second-order valence-electron chi connectivity index (χ2n) is 5.03. The van der Waals surface area contributed by atoms with E-state index in [-0.39, 0.29) is 0 Å². The minimum Gasteiger partial charge on any atom is -0.382 e. The maximum atomic E-state index is 10.5. The molecule has 19 heavy (non-hydrogen) atoms. The summed E-state index contributed by atoms with van der Waals surface area (Å²) >= 11 is 0. The van der Waals surface area contributed by atoms with E-state index in [1.807, 2.05) is 23.7 Å². The number of likely N-dealkylation sites (N-methyl/N-ethyl adjacent to an activating group) is 1. The molecule has 0 bridgehead atoms. The Labute approximate surface area is 113 Å². The maximum Gasteiger partial charge on any atom is 0.121 e.